The third-order valence-corrected chi connectivity index (χ3v) is 3.63. The molecule has 0 spiro atoms. The number of carbonyl (C=O) groups excluding carboxylic acids is 2. The first-order valence-electron chi connectivity index (χ1n) is 7.01. The smallest absolute Gasteiger partial charge is 0.306 e. The highest BCUT2D eigenvalue weighted by Gasteiger charge is 2.19. The second-order valence-electron chi connectivity index (χ2n) is 4.66. The van der Waals surface area contributed by atoms with Gasteiger partial charge in [-0.15, -0.1) is 0 Å². The summed E-state index contributed by atoms with van der Waals surface area (Å²) in [6.45, 7) is 1.96. The van der Waals surface area contributed by atoms with Gasteiger partial charge in [-0.25, -0.2) is 4.98 Å². The Bertz CT molecular complexity index is 720. The zero-order valence-electron chi connectivity index (χ0n) is 12.5. The van der Waals surface area contributed by atoms with E-state index in [1.165, 1.54) is 0 Å². The SMILES string of the molecule is CCOC(=O)CCC(=O)c1nc(-c2cccnc2)cc(Br)c1O. The maximum absolute atomic E-state index is 12.2. The minimum atomic E-state index is -0.456. The van der Waals surface area contributed by atoms with E-state index in [-0.39, 0.29) is 30.9 Å². The molecule has 0 aliphatic carbocycles. The van der Waals surface area contributed by atoms with Crippen LogP contribution in [0.2, 0.25) is 0 Å². The van der Waals surface area contributed by atoms with Crippen molar-refractivity contribution in [2.24, 2.45) is 0 Å². The van der Waals surface area contributed by atoms with Crippen LogP contribution in [0.3, 0.4) is 0 Å². The Morgan fingerprint density at radius 3 is 2.78 bits per heavy atom. The predicted octanol–water partition coefficient (Wildman–Crippen LogP) is 3.14. The van der Waals surface area contributed by atoms with Crippen molar-refractivity contribution >= 4 is 27.7 Å². The Labute approximate surface area is 141 Å². The average Bonchev–Trinajstić information content (AvgIpc) is 2.56. The van der Waals surface area contributed by atoms with E-state index in [0.29, 0.717) is 15.7 Å². The van der Waals surface area contributed by atoms with Gasteiger partial charge in [-0.2, -0.15) is 0 Å². The molecule has 0 aromatic carbocycles. The summed E-state index contributed by atoms with van der Waals surface area (Å²) in [5.41, 5.74) is 1.14. The summed E-state index contributed by atoms with van der Waals surface area (Å²) < 4.78 is 5.14. The van der Waals surface area contributed by atoms with Crippen LogP contribution < -0.4 is 0 Å². The van der Waals surface area contributed by atoms with Gasteiger partial charge in [0.1, 0.15) is 5.69 Å². The van der Waals surface area contributed by atoms with Gasteiger partial charge in [0.2, 0.25) is 0 Å². The Kier molecular flexibility index (Phi) is 5.81. The zero-order chi connectivity index (χ0) is 16.8. The number of pyridine rings is 2. The normalized spacial score (nSPS) is 10.3. The van der Waals surface area contributed by atoms with Gasteiger partial charge in [0.05, 0.1) is 23.2 Å². The van der Waals surface area contributed by atoms with Gasteiger partial charge in [-0.05, 0) is 41.1 Å². The molecule has 0 radical (unpaired) electrons. The Morgan fingerprint density at radius 1 is 1.35 bits per heavy atom. The summed E-state index contributed by atoms with van der Waals surface area (Å²) in [6, 6.07) is 5.15. The van der Waals surface area contributed by atoms with Crippen molar-refractivity contribution < 1.29 is 19.4 Å². The molecule has 6 nitrogen and oxygen atoms in total. The summed E-state index contributed by atoms with van der Waals surface area (Å²) in [4.78, 5) is 31.8. The highest BCUT2D eigenvalue weighted by molar-refractivity contribution is 9.10. The van der Waals surface area contributed by atoms with Crippen LogP contribution in [-0.2, 0) is 9.53 Å². The number of rotatable bonds is 6. The first-order valence-corrected chi connectivity index (χ1v) is 7.81. The lowest BCUT2D eigenvalue weighted by Crippen LogP contribution is -2.10. The van der Waals surface area contributed by atoms with Gasteiger partial charge in [0.25, 0.3) is 0 Å². The fourth-order valence-electron chi connectivity index (χ4n) is 1.93. The average molecular weight is 379 g/mol. The first-order chi connectivity index (χ1) is 11.0. The number of carbonyl (C=O) groups is 2. The van der Waals surface area contributed by atoms with Crippen LogP contribution in [0, 0.1) is 0 Å². The molecule has 0 bridgehead atoms. The summed E-state index contributed by atoms with van der Waals surface area (Å²) >= 11 is 3.21. The molecule has 2 rings (SSSR count). The molecule has 0 atom stereocenters. The number of esters is 1. The van der Waals surface area contributed by atoms with E-state index in [4.69, 9.17) is 4.74 Å². The molecule has 0 saturated heterocycles. The molecule has 0 aliphatic heterocycles. The van der Waals surface area contributed by atoms with Crippen molar-refractivity contribution in [3.8, 4) is 17.0 Å². The van der Waals surface area contributed by atoms with E-state index in [0.717, 1.165) is 0 Å². The van der Waals surface area contributed by atoms with Crippen molar-refractivity contribution in [1.29, 1.82) is 0 Å². The summed E-state index contributed by atoms with van der Waals surface area (Å²) in [7, 11) is 0. The molecule has 2 aromatic rings. The molecule has 120 valence electrons. The number of hydrogen-bond donors (Lipinski definition) is 1. The molecule has 0 fully saturated rings. The molecule has 0 amide bonds. The molecular weight excluding hydrogens is 364 g/mol. The molecule has 2 heterocycles. The predicted molar refractivity (Wildman–Crippen MR) is 87.0 cm³/mol. The minimum absolute atomic E-state index is 0.0530. The molecule has 2 aromatic heterocycles. The van der Waals surface area contributed by atoms with Gasteiger partial charge in [-0.3, -0.25) is 14.6 Å². The van der Waals surface area contributed by atoms with E-state index in [1.807, 2.05) is 0 Å². The molecule has 0 saturated carbocycles. The monoisotopic (exact) mass is 378 g/mol. The summed E-state index contributed by atoms with van der Waals surface area (Å²) in [5, 5.41) is 10.0. The van der Waals surface area contributed by atoms with Gasteiger partial charge >= 0.3 is 5.97 Å². The number of aromatic hydroxyl groups is 1. The lowest BCUT2D eigenvalue weighted by atomic mass is 10.1. The molecule has 1 N–H and O–H groups in total. The number of aromatic nitrogens is 2. The fraction of sp³-hybridized carbons (Fsp3) is 0.250. The third kappa shape index (κ3) is 4.35. The van der Waals surface area contributed by atoms with Gasteiger partial charge < -0.3 is 9.84 Å². The Balaban J connectivity index is 2.26. The number of halogens is 1. The summed E-state index contributed by atoms with van der Waals surface area (Å²) in [5.74, 6) is -1.13. The zero-order valence-corrected chi connectivity index (χ0v) is 14.0. The van der Waals surface area contributed by atoms with Crippen LogP contribution >= 0.6 is 15.9 Å². The minimum Gasteiger partial charge on any atom is -0.504 e. The number of ether oxygens (including phenoxy) is 1. The lowest BCUT2D eigenvalue weighted by Gasteiger charge is -2.08. The van der Waals surface area contributed by atoms with E-state index in [9.17, 15) is 14.7 Å². The van der Waals surface area contributed by atoms with Crippen LogP contribution in [0.15, 0.2) is 35.1 Å². The summed E-state index contributed by atoms with van der Waals surface area (Å²) in [6.07, 6.45) is 3.11. The lowest BCUT2D eigenvalue weighted by molar-refractivity contribution is -0.143. The first kappa shape index (κ1) is 17.1. The second kappa shape index (κ2) is 7.82. The second-order valence-corrected chi connectivity index (χ2v) is 5.51. The highest BCUT2D eigenvalue weighted by atomic mass is 79.9. The van der Waals surface area contributed by atoms with Crippen LogP contribution in [-0.4, -0.2) is 33.4 Å². The van der Waals surface area contributed by atoms with Crippen molar-refractivity contribution in [2.45, 2.75) is 19.8 Å². The van der Waals surface area contributed by atoms with Gasteiger partial charge in [0.15, 0.2) is 11.5 Å². The van der Waals surface area contributed by atoms with E-state index in [2.05, 4.69) is 25.9 Å². The topological polar surface area (TPSA) is 89.4 Å². The van der Waals surface area contributed by atoms with Crippen LogP contribution in [0.5, 0.6) is 5.75 Å². The van der Waals surface area contributed by atoms with Crippen LogP contribution in [0.25, 0.3) is 11.3 Å². The van der Waals surface area contributed by atoms with E-state index < -0.39 is 11.8 Å². The molecule has 0 unspecified atom stereocenters. The number of hydrogen-bond acceptors (Lipinski definition) is 6. The largest absolute Gasteiger partial charge is 0.504 e. The molecular formula is C16H15BrN2O4. The fourth-order valence-corrected chi connectivity index (χ4v) is 2.34. The van der Waals surface area contributed by atoms with Crippen molar-refractivity contribution in [2.75, 3.05) is 6.61 Å². The van der Waals surface area contributed by atoms with E-state index >= 15 is 0 Å². The number of ketones is 1. The molecule has 7 heteroatoms. The maximum Gasteiger partial charge on any atom is 0.306 e. The maximum atomic E-state index is 12.2. The van der Waals surface area contributed by atoms with Gasteiger partial charge in [0, 0.05) is 24.4 Å². The quantitative estimate of drug-likeness (QED) is 0.613. The Morgan fingerprint density at radius 2 is 2.13 bits per heavy atom. The Hall–Kier alpha value is -2.28. The van der Waals surface area contributed by atoms with Gasteiger partial charge in [-0.1, -0.05) is 0 Å². The highest BCUT2D eigenvalue weighted by Crippen LogP contribution is 2.31. The number of Topliss-reactive ketones (excluding diaryl/α,β-unsaturated/α-hetero) is 1. The van der Waals surface area contributed by atoms with Crippen molar-refractivity contribution in [3.63, 3.8) is 0 Å². The third-order valence-electron chi connectivity index (χ3n) is 3.03. The van der Waals surface area contributed by atoms with Crippen molar-refractivity contribution in [3.05, 3.63) is 40.8 Å². The van der Waals surface area contributed by atoms with Crippen LogP contribution in [0.4, 0.5) is 0 Å². The van der Waals surface area contributed by atoms with Crippen molar-refractivity contribution in [1.82, 2.24) is 9.97 Å². The molecule has 0 aliphatic rings. The standard InChI is InChI=1S/C16H15BrN2O4/c1-2-23-14(21)6-5-13(20)15-16(22)11(17)8-12(19-15)10-4-3-7-18-9-10/h3-4,7-9,22H,2,5-6H2,1H3. The van der Waals surface area contributed by atoms with E-state index in [1.54, 1.807) is 37.5 Å². The van der Waals surface area contributed by atoms with Crippen LogP contribution in [0.1, 0.15) is 30.3 Å². The number of nitrogens with zero attached hydrogens (tertiary/aromatic N) is 2. The molecule has 23 heavy (non-hydrogen) atoms.